The molecule has 3 heterocycles. The fourth-order valence-corrected chi connectivity index (χ4v) is 3.52. The molecule has 0 spiro atoms. The van der Waals surface area contributed by atoms with Gasteiger partial charge in [-0.15, -0.1) is 0 Å². The number of likely N-dealkylation sites (tertiary alicyclic amines) is 1. The number of aryl methyl sites for hydroxylation is 3. The summed E-state index contributed by atoms with van der Waals surface area (Å²) in [4.78, 5) is 34.5. The molecule has 8 heteroatoms. The Bertz CT molecular complexity index is 832. The SMILES string of the molecule is Cc1cc(C)nc(Nc2cc(C)nc([C@@H]3CCCN(C(=O)CN(C)C)C3)n2)n1. The number of amides is 1. The number of hydrogen-bond donors (Lipinski definition) is 1. The normalized spacial score (nSPS) is 17.1. The van der Waals surface area contributed by atoms with Crippen LogP contribution in [0.15, 0.2) is 12.1 Å². The average Bonchev–Trinajstić information content (AvgIpc) is 2.60. The third-order valence-corrected chi connectivity index (χ3v) is 4.68. The molecule has 1 aliphatic rings. The molecule has 28 heavy (non-hydrogen) atoms. The van der Waals surface area contributed by atoms with Crippen LogP contribution in [0, 0.1) is 20.8 Å². The monoisotopic (exact) mass is 383 g/mol. The lowest BCUT2D eigenvalue weighted by molar-refractivity contribution is -0.133. The van der Waals surface area contributed by atoms with E-state index in [0.717, 1.165) is 42.3 Å². The van der Waals surface area contributed by atoms with E-state index in [4.69, 9.17) is 4.98 Å². The molecular weight excluding hydrogens is 354 g/mol. The summed E-state index contributed by atoms with van der Waals surface area (Å²) >= 11 is 0. The molecule has 1 atom stereocenters. The highest BCUT2D eigenvalue weighted by molar-refractivity contribution is 5.78. The van der Waals surface area contributed by atoms with Crippen molar-refractivity contribution in [1.29, 1.82) is 0 Å². The van der Waals surface area contributed by atoms with E-state index in [2.05, 4.69) is 20.3 Å². The number of nitrogens with one attached hydrogen (secondary N) is 1. The molecule has 2 aromatic rings. The first-order valence-corrected chi connectivity index (χ1v) is 9.67. The fraction of sp³-hybridized carbons (Fsp3) is 0.550. The van der Waals surface area contributed by atoms with Crippen LogP contribution in [0.5, 0.6) is 0 Å². The topological polar surface area (TPSA) is 87.1 Å². The van der Waals surface area contributed by atoms with Crippen molar-refractivity contribution >= 4 is 17.7 Å². The lowest BCUT2D eigenvalue weighted by Crippen LogP contribution is -2.43. The molecular formula is C20H29N7O. The van der Waals surface area contributed by atoms with Crippen molar-refractivity contribution in [3.05, 3.63) is 35.0 Å². The summed E-state index contributed by atoms with van der Waals surface area (Å²) in [6.45, 7) is 7.73. The molecule has 1 N–H and O–H groups in total. The molecule has 0 unspecified atom stereocenters. The molecule has 2 aromatic heterocycles. The first-order valence-electron chi connectivity index (χ1n) is 9.67. The molecule has 0 bridgehead atoms. The Morgan fingerprint density at radius 1 is 1.11 bits per heavy atom. The molecule has 3 rings (SSSR count). The minimum Gasteiger partial charge on any atom is -0.341 e. The summed E-state index contributed by atoms with van der Waals surface area (Å²) in [7, 11) is 3.83. The number of aromatic nitrogens is 4. The average molecular weight is 384 g/mol. The van der Waals surface area contributed by atoms with Gasteiger partial charge in [0, 0.05) is 42.2 Å². The highest BCUT2D eigenvalue weighted by Gasteiger charge is 2.27. The summed E-state index contributed by atoms with van der Waals surface area (Å²) < 4.78 is 0. The molecule has 0 radical (unpaired) electrons. The molecule has 1 saturated heterocycles. The Balaban J connectivity index is 1.77. The maximum absolute atomic E-state index is 12.4. The van der Waals surface area contributed by atoms with Gasteiger partial charge >= 0.3 is 0 Å². The summed E-state index contributed by atoms with van der Waals surface area (Å²) in [5.74, 6) is 2.29. The smallest absolute Gasteiger partial charge is 0.236 e. The van der Waals surface area contributed by atoms with Crippen LogP contribution in [0.4, 0.5) is 11.8 Å². The lowest BCUT2D eigenvalue weighted by atomic mass is 9.97. The van der Waals surface area contributed by atoms with Crippen molar-refractivity contribution in [2.45, 2.75) is 39.5 Å². The number of rotatable bonds is 5. The molecule has 1 amide bonds. The summed E-state index contributed by atoms with van der Waals surface area (Å²) in [5.41, 5.74) is 2.69. The standard InChI is InChI=1S/C20H29N7O/c1-13-9-14(2)23-20(22-13)25-17-10-15(3)21-19(24-17)16-7-6-8-27(11-16)18(28)12-26(4)5/h9-10,16H,6-8,11-12H2,1-5H3,(H,21,22,23,24,25)/t16-/m1/s1. The van der Waals surface area contributed by atoms with Crippen LogP contribution in [0.2, 0.25) is 0 Å². The van der Waals surface area contributed by atoms with Gasteiger partial charge in [-0.3, -0.25) is 4.79 Å². The third kappa shape index (κ3) is 5.22. The van der Waals surface area contributed by atoms with E-state index in [9.17, 15) is 4.79 Å². The number of likely N-dealkylation sites (N-methyl/N-ethyl adjacent to an activating group) is 1. The first-order chi connectivity index (χ1) is 13.3. The Morgan fingerprint density at radius 3 is 2.46 bits per heavy atom. The molecule has 0 aliphatic carbocycles. The summed E-state index contributed by atoms with van der Waals surface area (Å²) in [6, 6.07) is 3.82. The largest absolute Gasteiger partial charge is 0.341 e. The van der Waals surface area contributed by atoms with E-state index >= 15 is 0 Å². The van der Waals surface area contributed by atoms with Crippen LogP contribution in [0.3, 0.4) is 0 Å². The molecule has 150 valence electrons. The van der Waals surface area contributed by atoms with Crippen LogP contribution in [-0.4, -0.2) is 69.4 Å². The minimum absolute atomic E-state index is 0.139. The van der Waals surface area contributed by atoms with Gasteiger partial charge < -0.3 is 15.1 Å². The van der Waals surface area contributed by atoms with Crippen LogP contribution >= 0.6 is 0 Å². The third-order valence-electron chi connectivity index (χ3n) is 4.68. The van der Waals surface area contributed by atoms with E-state index in [1.165, 1.54) is 0 Å². The van der Waals surface area contributed by atoms with Gasteiger partial charge in [0.15, 0.2) is 0 Å². The van der Waals surface area contributed by atoms with Gasteiger partial charge in [-0.25, -0.2) is 19.9 Å². The zero-order valence-electron chi connectivity index (χ0n) is 17.4. The van der Waals surface area contributed by atoms with E-state index in [-0.39, 0.29) is 11.8 Å². The van der Waals surface area contributed by atoms with Crippen LogP contribution in [0.1, 0.15) is 41.7 Å². The number of carbonyl (C=O) groups is 1. The van der Waals surface area contributed by atoms with E-state index < -0.39 is 0 Å². The van der Waals surface area contributed by atoms with Gasteiger partial charge in [-0.05, 0) is 53.8 Å². The van der Waals surface area contributed by atoms with Crippen molar-refractivity contribution < 1.29 is 4.79 Å². The predicted molar refractivity (Wildman–Crippen MR) is 109 cm³/mol. The predicted octanol–water partition coefficient (Wildman–Crippen LogP) is 2.20. The van der Waals surface area contributed by atoms with Crippen molar-refractivity contribution in [2.24, 2.45) is 0 Å². The zero-order chi connectivity index (χ0) is 20.3. The first kappa shape index (κ1) is 20.1. The van der Waals surface area contributed by atoms with Gasteiger partial charge in [0.2, 0.25) is 11.9 Å². The number of hydrogen-bond acceptors (Lipinski definition) is 7. The second-order valence-corrected chi connectivity index (χ2v) is 7.77. The molecule has 0 aromatic carbocycles. The van der Waals surface area contributed by atoms with Gasteiger partial charge in [0.05, 0.1) is 6.54 Å². The minimum atomic E-state index is 0.139. The Hall–Kier alpha value is -2.61. The molecule has 1 aliphatic heterocycles. The quantitative estimate of drug-likeness (QED) is 0.847. The second-order valence-electron chi connectivity index (χ2n) is 7.77. The Kier molecular flexibility index (Phi) is 6.18. The molecule has 1 fully saturated rings. The number of carbonyl (C=O) groups excluding carboxylic acids is 1. The molecule has 0 saturated carbocycles. The maximum Gasteiger partial charge on any atom is 0.236 e. The van der Waals surface area contributed by atoms with Crippen molar-refractivity contribution in [3.8, 4) is 0 Å². The summed E-state index contributed by atoms with van der Waals surface area (Å²) in [5, 5.41) is 3.21. The second kappa shape index (κ2) is 8.60. The van der Waals surface area contributed by atoms with Crippen molar-refractivity contribution in [1.82, 2.24) is 29.7 Å². The number of piperidine rings is 1. The van der Waals surface area contributed by atoms with E-state index in [1.54, 1.807) is 0 Å². The van der Waals surface area contributed by atoms with Crippen molar-refractivity contribution in [2.75, 3.05) is 39.0 Å². The highest BCUT2D eigenvalue weighted by Crippen LogP contribution is 2.26. The Labute approximate surface area is 166 Å². The Morgan fingerprint density at radius 2 is 1.79 bits per heavy atom. The van der Waals surface area contributed by atoms with E-state index in [0.29, 0.717) is 24.9 Å². The van der Waals surface area contributed by atoms with Crippen molar-refractivity contribution in [3.63, 3.8) is 0 Å². The summed E-state index contributed by atoms with van der Waals surface area (Å²) in [6.07, 6.45) is 1.94. The highest BCUT2D eigenvalue weighted by atomic mass is 16.2. The van der Waals surface area contributed by atoms with Gasteiger partial charge in [-0.2, -0.15) is 0 Å². The molecule has 8 nitrogen and oxygen atoms in total. The number of nitrogens with zero attached hydrogens (tertiary/aromatic N) is 6. The van der Waals surface area contributed by atoms with Crippen LogP contribution in [0.25, 0.3) is 0 Å². The van der Waals surface area contributed by atoms with Crippen LogP contribution in [-0.2, 0) is 4.79 Å². The van der Waals surface area contributed by atoms with Gasteiger partial charge in [0.25, 0.3) is 0 Å². The number of anilines is 2. The van der Waals surface area contributed by atoms with Gasteiger partial charge in [-0.1, -0.05) is 0 Å². The van der Waals surface area contributed by atoms with Crippen LogP contribution < -0.4 is 5.32 Å². The van der Waals surface area contributed by atoms with Gasteiger partial charge in [0.1, 0.15) is 11.6 Å². The van der Waals surface area contributed by atoms with E-state index in [1.807, 2.05) is 56.8 Å². The zero-order valence-corrected chi connectivity index (χ0v) is 17.4. The fourth-order valence-electron chi connectivity index (χ4n) is 3.52. The lowest BCUT2D eigenvalue weighted by Gasteiger charge is -2.33. The maximum atomic E-state index is 12.4.